The van der Waals surface area contributed by atoms with E-state index in [1.165, 1.54) is 18.9 Å². The van der Waals surface area contributed by atoms with Gasteiger partial charge in [-0.2, -0.15) is 0 Å². The van der Waals surface area contributed by atoms with Crippen molar-refractivity contribution in [1.82, 2.24) is 24.5 Å². The summed E-state index contributed by atoms with van der Waals surface area (Å²) in [6.07, 6.45) is 3.20. The van der Waals surface area contributed by atoms with Gasteiger partial charge in [0.1, 0.15) is 24.2 Å². The van der Waals surface area contributed by atoms with Gasteiger partial charge in [-0.1, -0.05) is 31.2 Å². The maximum atomic E-state index is 10.3. The number of nitro groups is 1. The highest BCUT2D eigenvalue weighted by Gasteiger charge is 2.17. The molecule has 10 nitrogen and oxygen atoms in total. The second kappa shape index (κ2) is 10.2. The third kappa shape index (κ3) is 6.30. The van der Waals surface area contributed by atoms with Crippen LogP contribution in [0.3, 0.4) is 0 Å². The first-order chi connectivity index (χ1) is 13.8. The van der Waals surface area contributed by atoms with Gasteiger partial charge >= 0.3 is 11.8 Å². The summed E-state index contributed by atoms with van der Waals surface area (Å²) in [6, 6.07) is 8.44. The van der Waals surface area contributed by atoms with Crippen LogP contribution >= 0.6 is 0 Å². The summed E-state index contributed by atoms with van der Waals surface area (Å²) in [5, 5.41) is 18.1. The van der Waals surface area contributed by atoms with E-state index in [0.29, 0.717) is 19.1 Å². The number of methoxy groups -OCH3 is 1. The van der Waals surface area contributed by atoms with Crippen LogP contribution in [-0.4, -0.2) is 36.6 Å². The third-order valence-electron chi connectivity index (χ3n) is 4.02. The Kier molecular flexibility index (Phi) is 7.70. The van der Waals surface area contributed by atoms with Gasteiger partial charge in [-0.05, 0) is 35.5 Å². The summed E-state index contributed by atoms with van der Waals surface area (Å²) in [5.74, 6) is 1.22. The zero-order valence-electron chi connectivity index (χ0n) is 17.3. The molecule has 0 bridgehead atoms. The predicted molar refractivity (Wildman–Crippen MR) is 107 cm³/mol. The van der Waals surface area contributed by atoms with E-state index < -0.39 is 4.92 Å². The number of ether oxygens (including phenoxy) is 2. The Labute approximate surface area is 169 Å². The zero-order chi connectivity index (χ0) is 21.4. The molecule has 3 rings (SSSR count). The molecule has 3 aromatic rings. The van der Waals surface area contributed by atoms with Gasteiger partial charge in [0, 0.05) is 18.6 Å². The van der Waals surface area contributed by atoms with E-state index in [0.717, 1.165) is 11.4 Å². The van der Waals surface area contributed by atoms with E-state index in [9.17, 15) is 10.1 Å². The van der Waals surface area contributed by atoms with E-state index in [4.69, 9.17) is 9.47 Å². The third-order valence-corrected chi connectivity index (χ3v) is 4.02. The molecule has 2 aromatic heterocycles. The number of hydrogen-bond donors (Lipinski definition) is 0. The second-order valence-corrected chi connectivity index (χ2v) is 6.52. The molecule has 10 heteroatoms. The summed E-state index contributed by atoms with van der Waals surface area (Å²) in [6.45, 7) is 7.26. The van der Waals surface area contributed by atoms with Gasteiger partial charge < -0.3 is 19.6 Å². The molecule has 156 valence electrons. The van der Waals surface area contributed by atoms with Crippen LogP contribution in [-0.2, 0) is 20.2 Å². The molecule has 0 amide bonds. The molecule has 1 aromatic carbocycles. The quantitative estimate of drug-likeness (QED) is 0.440. The van der Waals surface area contributed by atoms with Gasteiger partial charge in [0.25, 0.3) is 0 Å². The molecule has 0 fully saturated rings. The SMILES string of the molecule is CC(C)c1ccc(OCc2cn(C)nn2)cc1.CCn1cc([N+](=O)[O-])nc1OC. The number of nitrogens with zero attached hydrogens (tertiary/aromatic N) is 6. The zero-order valence-corrected chi connectivity index (χ0v) is 17.3. The molecule has 0 aliphatic carbocycles. The lowest BCUT2D eigenvalue weighted by Crippen LogP contribution is -1.96. The first kappa shape index (κ1) is 21.9. The standard InChI is InChI=1S/C13H17N3O.C6H9N3O3/c1-10(2)11-4-6-13(7-5-11)17-9-12-8-16(3)15-14-12;1-3-8-4-5(9(10)11)7-6(8)12-2/h4-8,10H,9H2,1-3H3;4H,3H2,1-2H3. The number of rotatable bonds is 7. The van der Waals surface area contributed by atoms with Crippen LogP contribution < -0.4 is 9.47 Å². The van der Waals surface area contributed by atoms with Crippen LogP contribution in [0.1, 0.15) is 37.9 Å². The highest BCUT2D eigenvalue weighted by atomic mass is 16.6. The molecule has 0 saturated carbocycles. The number of aromatic nitrogens is 5. The van der Waals surface area contributed by atoms with Gasteiger partial charge in [0.05, 0.1) is 13.3 Å². The molecule has 0 radical (unpaired) electrons. The number of imidazole rings is 1. The van der Waals surface area contributed by atoms with Crippen molar-refractivity contribution < 1.29 is 14.4 Å². The number of aryl methyl sites for hydroxylation is 2. The highest BCUT2D eigenvalue weighted by Crippen LogP contribution is 2.19. The van der Waals surface area contributed by atoms with Crippen molar-refractivity contribution in [2.75, 3.05) is 7.11 Å². The Hall–Kier alpha value is -3.43. The molecule has 0 unspecified atom stereocenters. The lowest BCUT2D eigenvalue weighted by Gasteiger charge is -2.07. The maximum Gasteiger partial charge on any atom is 0.413 e. The molecule has 0 N–H and O–H groups in total. The van der Waals surface area contributed by atoms with E-state index in [1.807, 2.05) is 32.3 Å². The number of benzene rings is 1. The first-order valence-electron chi connectivity index (χ1n) is 9.17. The summed E-state index contributed by atoms with van der Waals surface area (Å²) >= 11 is 0. The highest BCUT2D eigenvalue weighted by molar-refractivity contribution is 5.29. The lowest BCUT2D eigenvalue weighted by molar-refractivity contribution is -0.389. The van der Waals surface area contributed by atoms with Crippen LogP contribution in [0.2, 0.25) is 0 Å². The Morgan fingerprint density at radius 1 is 1.21 bits per heavy atom. The normalized spacial score (nSPS) is 10.4. The average Bonchev–Trinajstić information content (AvgIpc) is 3.33. The molecule has 0 saturated heterocycles. The molecule has 0 spiro atoms. The number of hydrogen-bond acceptors (Lipinski definition) is 7. The van der Waals surface area contributed by atoms with Crippen LogP contribution in [0.15, 0.2) is 36.7 Å². The molecule has 0 aliphatic heterocycles. The van der Waals surface area contributed by atoms with Crippen molar-refractivity contribution in [3.63, 3.8) is 0 Å². The van der Waals surface area contributed by atoms with Crippen molar-refractivity contribution in [3.05, 3.63) is 58.0 Å². The van der Waals surface area contributed by atoms with E-state index in [-0.39, 0.29) is 11.8 Å². The van der Waals surface area contributed by atoms with Gasteiger partial charge in [0.15, 0.2) is 0 Å². The van der Waals surface area contributed by atoms with E-state index in [1.54, 1.807) is 9.25 Å². The summed E-state index contributed by atoms with van der Waals surface area (Å²) in [7, 11) is 3.27. The van der Waals surface area contributed by atoms with E-state index in [2.05, 4.69) is 41.3 Å². The Balaban J connectivity index is 0.000000221. The minimum absolute atomic E-state index is 0.186. The largest absolute Gasteiger partial charge is 0.487 e. The summed E-state index contributed by atoms with van der Waals surface area (Å²) in [5.41, 5.74) is 2.15. The summed E-state index contributed by atoms with van der Waals surface area (Å²) in [4.78, 5) is 13.4. The van der Waals surface area contributed by atoms with Crippen LogP contribution in [0.5, 0.6) is 11.8 Å². The molecular weight excluding hydrogens is 376 g/mol. The van der Waals surface area contributed by atoms with Crippen molar-refractivity contribution in [3.8, 4) is 11.8 Å². The fourth-order valence-corrected chi connectivity index (χ4v) is 2.43. The Morgan fingerprint density at radius 2 is 1.90 bits per heavy atom. The van der Waals surface area contributed by atoms with Crippen molar-refractivity contribution in [2.45, 2.75) is 39.8 Å². The van der Waals surface area contributed by atoms with Crippen molar-refractivity contribution >= 4 is 5.82 Å². The molecule has 2 heterocycles. The Bertz CT molecular complexity index is 896. The second-order valence-electron chi connectivity index (χ2n) is 6.52. The van der Waals surface area contributed by atoms with Crippen molar-refractivity contribution in [2.24, 2.45) is 7.05 Å². The average molecular weight is 402 g/mol. The molecule has 0 atom stereocenters. The molecular formula is C19H26N6O4. The van der Waals surface area contributed by atoms with Crippen LogP contribution in [0, 0.1) is 10.1 Å². The molecule has 29 heavy (non-hydrogen) atoms. The topological polar surface area (TPSA) is 110 Å². The van der Waals surface area contributed by atoms with Gasteiger partial charge in [-0.15, -0.1) is 5.10 Å². The minimum Gasteiger partial charge on any atom is -0.487 e. The van der Waals surface area contributed by atoms with Gasteiger partial charge in [0.2, 0.25) is 0 Å². The van der Waals surface area contributed by atoms with Gasteiger partial charge in [-0.3, -0.25) is 9.25 Å². The van der Waals surface area contributed by atoms with Crippen LogP contribution in [0.25, 0.3) is 0 Å². The Morgan fingerprint density at radius 3 is 2.34 bits per heavy atom. The van der Waals surface area contributed by atoms with Crippen LogP contribution in [0.4, 0.5) is 5.82 Å². The minimum atomic E-state index is -0.547. The lowest BCUT2D eigenvalue weighted by atomic mass is 10.0. The van der Waals surface area contributed by atoms with Gasteiger partial charge in [-0.25, -0.2) is 0 Å². The maximum absolute atomic E-state index is 10.3. The van der Waals surface area contributed by atoms with Crippen molar-refractivity contribution in [1.29, 1.82) is 0 Å². The fourth-order valence-electron chi connectivity index (χ4n) is 2.43. The predicted octanol–water partition coefficient (Wildman–Crippen LogP) is 3.34. The smallest absolute Gasteiger partial charge is 0.413 e. The summed E-state index contributed by atoms with van der Waals surface area (Å²) < 4.78 is 13.7. The fraction of sp³-hybridized carbons (Fsp3) is 0.421. The molecule has 0 aliphatic rings. The monoisotopic (exact) mass is 402 g/mol. The first-order valence-corrected chi connectivity index (χ1v) is 9.17. The van der Waals surface area contributed by atoms with E-state index >= 15 is 0 Å².